The number of rotatable bonds is 12. The molecule has 0 aliphatic heterocycles. The molecule has 16 saturated carbocycles. The molecule has 0 saturated heterocycles. The van der Waals surface area contributed by atoms with Crippen LogP contribution in [0.5, 0.6) is 0 Å². The van der Waals surface area contributed by atoms with Gasteiger partial charge >= 0.3 is 0 Å². The number of aromatic nitrogens is 8. The van der Waals surface area contributed by atoms with Crippen molar-refractivity contribution >= 4 is 23.1 Å². The van der Waals surface area contributed by atoms with Crippen molar-refractivity contribution in [1.82, 2.24) is 39.9 Å². The summed E-state index contributed by atoms with van der Waals surface area (Å²) in [6, 6.07) is 1.88. The molecule has 0 aromatic carbocycles. The van der Waals surface area contributed by atoms with Gasteiger partial charge in [0.15, 0.2) is 0 Å². The molecule has 0 radical (unpaired) electrons. The van der Waals surface area contributed by atoms with Gasteiger partial charge in [0.1, 0.15) is 35.8 Å². The van der Waals surface area contributed by atoms with Crippen molar-refractivity contribution in [2.75, 3.05) is 0 Å². The maximum atomic E-state index is 13.3. The number of carbonyl (C=O) groups is 4. The van der Waals surface area contributed by atoms with E-state index in [1.165, 1.54) is 160 Å². The van der Waals surface area contributed by atoms with Gasteiger partial charge in [-0.05, 0) is 410 Å². The number of hydrogen-bond donors (Lipinski definition) is 4. The largest absolute Gasteiger partial charge is 0.390 e. The highest BCUT2D eigenvalue weighted by atomic mass is 16.3. The van der Waals surface area contributed by atoms with Crippen LogP contribution in [0.1, 0.15) is 309 Å². The van der Waals surface area contributed by atoms with E-state index in [1.807, 2.05) is 33.8 Å². The van der Waals surface area contributed by atoms with Crippen LogP contribution in [0, 0.1) is 164 Å². The third-order valence-electron chi connectivity index (χ3n) is 38.4. The highest BCUT2D eigenvalue weighted by Crippen LogP contribution is 2.70. The van der Waals surface area contributed by atoms with Crippen molar-refractivity contribution in [3.63, 3.8) is 0 Å². The van der Waals surface area contributed by atoms with E-state index in [0.717, 1.165) is 194 Å². The summed E-state index contributed by atoms with van der Waals surface area (Å²) in [7, 11) is 0. The fourth-order valence-electron chi connectivity index (χ4n) is 33.4. The van der Waals surface area contributed by atoms with Crippen LogP contribution in [0.15, 0.2) is 74.5 Å². The molecular weight excluding hydrogens is 1440 g/mol. The van der Waals surface area contributed by atoms with Gasteiger partial charge in [-0.25, -0.2) is 19.9 Å². The van der Waals surface area contributed by atoms with E-state index in [9.17, 15) is 39.6 Å². The molecule has 4 aromatic rings. The molecule has 0 spiro atoms. The predicted molar refractivity (Wildman–Crippen MR) is 448 cm³/mol. The Morgan fingerprint density at radius 1 is 0.284 bits per heavy atom. The summed E-state index contributed by atoms with van der Waals surface area (Å²) >= 11 is 0. The summed E-state index contributed by atoms with van der Waals surface area (Å²) in [5.74, 6) is 17.9. The summed E-state index contributed by atoms with van der Waals surface area (Å²) < 4.78 is 0. The lowest BCUT2D eigenvalue weighted by Gasteiger charge is -2.56. The summed E-state index contributed by atoms with van der Waals surface area (Å²) in [6.45, 7) is 17.9. The Kier molecular flexibility index (Phi) is 23.6. The van der Waals surface area contributed by atoms with Gasteiger partial charge in [-0.2, -0.15) is 0 Å². The molecule has 0 unspecified atom stereocenters. The van der Waals surface area contributed by atoms with Gasteiger partial charge in [-0.1, -0.05) is 27.7 Å². The minimum atomic E-state index is -0.442. The van der Waals surface area contributed by atoms with Crippen molar-refractivity contribution in [2.24, 2.45) is 164 Å². The van der Waals surface area contributed by atoms with Crippen molar-refractivity contribution in [1.29, 1.82) is 0 Å². The number of fused-ring (bicyclic) bond motifs is 20. The SMILES string of the molecule is C[C@@]1(O)CC[C@H]2[C@H](CC[C@@H]3[C@@H]2CC[C@]2(C)[C@@H](C(=O)Cc4ccncn4)CC[C@@H]32)C1.C[C@@]1(O)CC[C@H]2[C@H](CC[C@@H]3[C@@H]2CC[C@]2(C)[C@@H](C(=O)Cc4cnccn4)CC[C@@H]32)C1.C[C@@]1(O)CC[C@H]2[C@H](CC[C@@H]3[C@@H]2CC[C@]2(C)[C@@H](C(=O)Cc4cnccn4)CC[C@@H]32)C1.C[C@@]1(O)CC[C@H]2[C@H](CC[C@@H]3[C@@H]2CC[C@]2(C)[C@@H](C(=O)Cc4cncnc4)CC[C@@H]32)C1. The molecule has 0 bridgehead atoms. The highest BCUT2D eigenvalue weighted by molar-refractivity contribution is 5.86. The molecule has 16 aliphatic rings. The average molecular weight is 1590 g/mol. The van der Waals surface area contributed by atoms with Gasteiger partial charge in [-0.15, -0.1) is 0 Å². The first-order valence-corrected chi connectivity index (χ1v) is 47.5. The quantitative estimate of drug-likeness (QED) is 0.103. The molecular formula is C100H144N8O8. The zero-order valence-corrected chi connectivity index (χ0v) is 72.1. The molecule has 4 N–H and O–H groups in total. The molecule has 20 rings (SSSR count). The van der Waals surface area contributed by atoms with Crippen LogP contribution in [0.4, 0.5) is 0 Å². The Labute approximate surface area is 694 Å². The van der Waals surface area contributed by atoms with Gasteiger partial charge < -0.3 is 20.4 Å². The van der Waals surface area contributed by atoms with E-state index in [-0.39, 0.29) is 45.3 Å². The first kappa shape index (κ1) is 83.1. The molecule has 116 heavy (non-hydrogen) atoms. The monoisotopic (exact) mass is 1590 g/mol. The lowest BCUT2D eigenvalue weighted by atomic mass is 9.49. The number of aliphatic hydroxyl groups is 4. The number of hydrogen-bond acceptors (Lipinski definition) is 16. The van der Waals surface area contributed by atoms with Crippen molar-refractivity contribution < 1.29 is 39.6 Å². The third kappa shape index (κ3) is 16.3. The second-order valence-electron chi connectivity index (χ2n) is 44.8. The number of nitrogens with zero attached hydrogens (tertiary/aromatic N) is 8. The summed E-state index contributed by atoms with van der Waals surface area (Å²) in [4.78, 5) is 86.3. The number of ketones is 4. The Bertz CT molecular complexity index is 3570. The molecule has 16 aliphatic carbocycles. The fraction of sp³-hybridized carbons (Fsp3) is 0.800. The molecule has 32 atom stereocenters. The maximum absolute atomic E-state index is 13.3. The molecule has 16 nitrogen and oxygen atoms in total. The topological polar surface area (TPSA) is 252 Å². The van der Waals surface area contributed by atoms with Crippen LogP contribution in [-0.2, 0) is 44.9 Å². The second-order valence-corrected chi connectivity index (χ2v) is 44.8. The predicted octanol–water partition coefficient (Wildman–Crippen LogP) is 18.4. The van der Waals surface area contributed by atoms with Crippen LogP contribution >= 0.6 is 0 Å². The minimum Gasteiger partial charge on any atom is -0.390 e. The van der Waals surface area contributed by atoms with Crippen LogP contribution in [-0.4, -0.2) is 106 Å². The molecule has 632 valence electrons. The molecule has 16 heteroatoms. The molecule has 0 amide bonds. The molecule has 4 aromatic heterocycles. The van der Waals surface area contributed by atoms with Crippen LogP contribution in [0.3, 0.4) is 0 Å². The zero-order valence-electron chi connectivity index (χ0n) is 72.1. The maximum Gasteiger partial charge on any atom is 0.142 e. The van der Waals surface area contributed by atoms with Crippen molar-refractivity contribution in [3.8, 4) is 0 Å². The van der Waals surface area contributed by atoms with E-state index in [1.54, 1.807) is 62.1 Å². The number of carbonyl (C=O) groups excluding carboxylic acids is 4. The zero-order chi connectivity index (χ0) is 80.9. The first-order chi connectivity index (χ1) is 55.5. The smallest absolute Gasteiger partial charge is 0.142 e. The van der Waals surface area contributed by atoms with Crippen molar-refractivity contribution in [3.05, 3.63) is 97.1 Å². The van der Waals surface area contributed by atoms with E-state index >= 15 is 0 Å². The second kappa shape index (κ2) is 32.9. The Balaban J connectivity index is 0.000000111. The highest BCUT2D eigenvalue weighted by Gasteiger charge is 2.64. The van der Waals surface area contributed by atoms with E-state index in [2.05, 4.69) is 67.6 Å². The van der Waals surface area contributed by atoms with Crippen LogP contribution < -0.4 is 0 Å². The van der Waals surface area contributed by atoms with E-state index in [0.29, 0.717) is 72.5 Å². The van der Waals surface area contributed by atoms with Gasteiger partial charge in [0.25, 0.3) is 0 Å². The summed E-state index contributed by atoms with van der Waals surface area (Å²) in [5.41, 5.74) is 2.38. The number of Topliss-reactive ketones (excluding diaryl/α,β-unsaturated/α-hetero) is 4. The Morgan fingerprint density at radius 2 is 0.586 bits per heavy atom. The lowest BCUT2D eigenvalue weighted by Crippen LogP contribution is -2.51. The van der Waals surface area contributed by atoms with Gasteiger partial charge in [0, 0.05) is 92.3 Å². The van der Waals surface area contributed by atoms with E-state index < -0.39 is 22.4 Å². The standard InChI is InChI=1S/4C25H36N2O2/c1-24(29)10-7-18-16(14-24)3-4-20-19(18)8-11-25(2)21(20)5-6-22(25)23(28)13-17-9-12-26-15-27-17;1-24(29)9-7-18-17(12-24)3-4-20-19(18)8-10-25(2)21(20)5-6-22(25)23(28)11-16-13-26-15-27-14-16;2*1-24(29)9-7-18-16(14-24)3-4-20-19(18)8-10-25(2)21(20)5-6-22(25)23(28)13-17-15-26-11-12-27-17/h9,12,15-16,18-22,29H,3-8,10-11,13-14H2,1-2H3;13-15,17-22,29H,3-12H2,1-2H3;2*11-12,15-16,18-22,29H,3-10,13-14H2,1-2H3/t16-,18+,19-,20-,21+,22-,24-,25+;17-,18+,19-,20-,21+,22-,24-,25+;2*16-,18+,19-,20-,21+,22-,24-,25+/m1111/s1. The van der Waals surface area contributed by atoms with Gasteiger partial charge in [-0.3, -0.25) is 39.1 Å². The Hall–Kier alpha value is -5.16. The van der Waals surface area contributed by atoms with Crippen LogP contribution in [0.25, 0.3) is 0 Å². The fourth-order valence-corrected chi connectivity index (χ4v) is 33.4. The average Bonchev–Trinajstić information content (AvgIpc) is 1.52. The van der Waals surface area contributed by atoms with Gasteiger partial charge in [0.05, 0.1) is 52.3 Å². The van der Waals surface area contributed by atoms with Crippen LogP contribution in [0.2, 0.25) is 0 Å². The van der Waals surface area contributed by atoms with Crippen molar-refractivity contribution in [2.45, 2.75) is 335 Å². The third-order valence-corrected chi connectivity index (χ3v) is 38.4. The first-order valence-electron chi connectivity index (χ1n) is 47.5. The molecule has 16 fully saturated rings. The lowest BCUT2D eigenvalue weighted by molar-refractivity contribution is -0.132. The minimum absolute atomic E-state index is 0.174. The van der Waals surface area contributed by atoms with E-state index in [4.69, 9.17) is 0 Å². The summed E-state index contributed by atoms with van der Waals surface area (Å²) in [6.07, 6.45) is 62.7. The normalized spacial score (nSPS) is 46.4. The Morgan fingerprint density at radius 3 is 0.879 bits per heavy atom. The van der Waals surface area contributed by atoms with Gasteiger partial charge in [0.2, 0.25) is 0 Å². The molecule has 4 heterocycles. The summed E-state index contributed by atoms with van der Waals surface area (Å²) in [5, 5.41) is 42.3.